The fraction of sp³-hybridized carbons (Fsp3) is 0.267. The van der Waals surface area contributed by atoms with E-state index in [4.69, 9.17) is 4.74 Å². The minimum atomic E-state index is -0.364. The Kier molecular flexibility index (Phi) is 4.30. The van der Waals surface area contributed by atoms with Gasteiger partial charge in [0.2, 0.25) is 0 Å². The van der Waals surface area contributed by atoms with E-state index in [0.29, 0.717) is 25.1 Å². The maximum atomic E-state index is 11.8. The van der Waals surface area contributed by atoms with Gasteiger partial charge in [-0.15, -0.1) is 0 Å². The summed E-state index contributed by atoms with van der Waals surface area (Å²) in [6, 6.07) is 8.89. The quantitative estimate of drug-likeness (QED) is 0.782. The van der Waals surface area contributed by atoms with Gasteiger partial charge in [0.05, 0.1) is 17.9 Å². The Morgan fingerprint density at radius 3 is 2.50 bits per heavy atom. The number of rotatable bonds is 5. The third-order valence-corrected chi connectivity index (χ3v) is 2.89. The van der Waals surface area contributed by atoms with Crippen LogP contribution in [0.25, 0.3) is 11.3 Å². The third kappa shape index (κ3) is 2.77. The van der Waals surface area contributed by atoms with E-state index in [9.17, 15) is 9.59 Å². The number of aldehydes is 1. The average Bonchev–Trinajstić information content (AvgIpc) is 2.49. The lowest BCUT2D eigenvalue weighted by Gasteiger charge is -2.08. The molecule has 0 aliphatic carbocycles. The molecule has 0 amide bonds. The lowest BCUT2D eigenvalue weighted by molar-refractivity contribution is 0.112. The van der Waals surface area contributed by atoms with E-state index in [2.05, 4.69) is 5.10 Å². The summed E-state index contributed by atoms with van der Waals surface area (Å²) in [6.45, 7) is 4.76. The Hall–Kier alpha value is -2.43. The maximum Gasteiger partial charge on any atom is 0.277 e. The van der Waals surface area contributed by atoms with E-state index in [1.54, 1.807) is 0 Å². The van der Waals surface area contributed by atoms with E-state index >= 15 is 0 Å². The molecule has 5 heteroatoms. The molecule has 1 heterocycles. The van der Waals surface area contributed by atoms with Crippen molar-refractivity contribution in [1.29, 1.82) is 0 Å². The van der Waals surface area contributed by atoms with Crippen molar-refractivity contribution in [1.82, 2.24) is 9.78 Å². The van der Waals surface area contributed by atoms with Crippen molar-refractivity contribution >= 4 is 6.29 Å². The zero-order valence-electron chi connectivity index (χ0n) is 11.5. The van der Waals surface area contributed by atoms with E-state index in [-0.39, 0.29) is 11.1 Å². The van der Waals surface area contributed by atoms with Gasteiger partial charge in [-0.05, 0) is 44.2 Å². The van der Waals surface area contributed by atoms with Gasteiger partial charge in [0.1, 0.15) is 5.75 Å². The highest BCUT2D eigenvalue weighted by molar-refractivity contribution is 5.76. The molecule has 0 saturated carbocycles. The second-order valence-electron chi connectivity index (χ2n) is 4.18. The van der Waals surface area contributed by atoms with Crippen LogP contribution in [0.15, 0.2) is 35.1 Å². The number of nitrogens with zero attached hydrogens (tertiary/aromatic N) is 2. The molecular weight excluding hydrogens is 256 g/mol. The van der Waals surface area contributed by atoms with E-state index in [0.717, 1.165) is 11.3 Å². The van der Waals surface area contributed by atoms with Crippen LogP contribution in [0.4, 0.5) is 0 Å². The number of aryl methyl sites for hydroxylation is 1. The molecule has 2 rings (SSSR count). The third-order valence-electron chi connectivity index (χ3n) is 2.89. The lowest BCUT2D eigenvalue weighted by atomic mass is 10.1. The molecule has 104 valence electrons. The predicted octanol–water partition coefficient (Wildman–Crippen LogP) is 2.14. The number of carbonyl (C=O) groups excluding carboxylic acids is 1. The number of aromatic nitrogens is 2. The van der Waals surface area contributed by atoms with Crippen LogP contribution in [-0.2, 0) is 6.54 Å². The number of benzene rings is 1. The number of carbonyl (C=O) groups is 1. The van der Waals surface area contributed by atoms with Gasteiger partial charge in [0.25, 0.3) is 5.56 Å². The molecule has 5 nitrogen and oxygen atoms in total. The van der Waals surface area contributed by atoms with Crippen molar-refractivity contribution in [3.05, 3.63) is 46.2 Å². The monoisotopic (exact) mass is 272 g/mol. The summed E-state index contributed by atoms with van der Waals surface area (Å²) in [5, 5.41) is 4.25. The van der Waals surface area contributed by atoms with Gasteiger partial charge in [-0.3, -0.25) is 9.59 Å². The predicted molar refractivity (Wildman–Crippen MR) is 76.2 cm³/mol. The molecule has 1 aromatic heterocycles. The standard InChI is InChI=1S/C15H16N2O3/c1-3-17-15(19)12(10-18)9-14(16-17)11-5-7-13(8-6-11)20-4-2/h5-10H,3-4H2,1-2H3. The van der Waals surface area contributed by atoms with Crippen LogP contribution in [0.2, 0.25) is 0 Å². The molecule has 0 fully saturated rings. The summed E-state index contributed by atoms with van der Waals surface area (Å²) < 4.78 is 6.66. The van der Waals surface area contributed by atoms with Crippen molar-refractivity contribution in [2.75, 3.05) is 6.61 Å². The van der Waals surface area contributed by atoms with Crippen LogP contribution in [-0.4, -0.2) is 22.7 Å². The molecule has 0 spiro atoms. The van der Waals surface area contributed by atoms with Gasteiger partial charge in [0.15, 0.2) is 6.29 Å². The SMILES string of the molecule is CCOc1ccc(-c2cc(C=O)c(=O)n(CC)n2)cc1. The smallest absolute Gasteiger partial charge is 0.277 e. The van der Waals surface area contributed by atoms with Crippen LogP contribution < -0.4 is 10.3 Å². The van der Waals surface area contributed by atoms with E-state index in [1.165, 1.54) is 10.7 Å². The summed E-state index contributed by atoms with van der Waals surface area (Å²) in [4.78, 5) is 22.8. The largest absolute Gasteiger partial charge is 0.494 e. The molecular formula is C15H16N2O3. The minimum absolute atomic E-state index is 0.116. The van der Waals surface area contributed by atoms with Crippen molar-refractivity contribution in [3.63, 3.8) is 0 Å². The van der Waals surface area contributed by atoms with Gasteiger partial charge < -0.3 is 4.74 Å². The second kappa shape index (κ2) is 6.14. The highest BCUT2D eigenvalue weighted by Crippen LogP contribution is 2.20. The molecule has 0 N–H and O–H groups in total. The van der Waals surface area contributed by atoms with Crippen LogP contribution >= 0.6 is 0 Å². The molecule has 0 atom stereocenters. The summed E-state index contributed by atoms with van der Waals surface area (Å²) in [7, 11) is 0. The molecule has 20 heavy (non-hydrogen) atoms. The molecule has 1 aromatic carbocycles. The number of hydrogen-bond acceptors (Lipinski definition) is 4. The van der Waals surface area contributed by atoms with Crippen LogP contribution in [0, 0.1) is 0 Å². The normalized spacial score (nSPS) is 10.3. The first-order valence-corrected chi connectivity index (χ1v) is 6.50. The molecule has 0 unspecified atom stereocenters. The van der Waals surface area contributed by atoms with Gasteiger partial charge >= 0.3 is 0 Å². The van der Waals surface area contributed by atoms with Gasteiger partial charge in [0, 0.05) is 12.1 Å². The van der Waals surface area contributed by atoms with Gasteiger partial charge in [-0.25, -0.2) is 4.68 Å². The molecule has 0 radical (unpaired) electrons. The Balaban J connectivity index is 2.46. The van der Waals surface area contributed by atoms with Crippen LogP contribution in [0.3, 0.4) is 0 Å². The highest BCUT2D eigenvalue weighted by atomic mass is 16.5. The first-order chi connectivity index (χ1) is 9.69. The fourth-order valence-corrected chi connectivity index (χ4v) is 1.89. The topological polar surface area (TPSA) is 61.2 Å². The van der Waals surface area contributed by atoms with Crippen LogP contribution in [0.1, 0.15) is 24.2 Å². The van der Waals surface area contributed by atoms with Crippen molar-refractivity contribution in [2.24, 2.45) is 0 Å². The van der Waals surface area contributed by atoms with Crippen LogP contribution in [0.5, 0.6) is 5.75 Å². The van der Waals surface area contributed by atoms with E-state index in [1.807, 2.05) is 38.1 Å². The highest BCUT2D eigenvalue weighted by Gasteiger charge is 2.08. The molecule has 0 aliphatic rings. The maximum absolute atomic E-state index is 11.8. The Morgan fingerprint density at radius 2 is 1.95 bits per heavy atom. The Bertz CT molecular complexity index is 660. The number of ether oxygens (including phenoxy) is 1. The Labute approximate surface area is 116 Å². The molecule has 2 aromatic rings. The van der Waals surface area contributed by atoms with Crippen molar-refractivity contribution < 1.29 is 9.53 Å². The zero-order valence-corrected chi connectivity index (χ0v) is 11.5. The molecule has 0 saturated heterocycles. The average molecular weight is 272 g/mol. The van der Waals surface area contributed by atoms with Crippen molar-refractivity contribution in [3.8, 4) is 17.0 Å². The fourth-order valence-electron chi connectivity index (χ4n) is 1.89. The first-order valence-electron chi connectivity index (χ1n) is 6.50. The lowest BCUT2D eigenvalue weighted by Crippen LogP contribution is -2.25. The summed E-state index contributed by atoms with van der Waals surface area (Å²) in [5.41, 5.74) is 1.18. The number of hydrogen-bond donors (Lipinski definition) is 0. The summed E-state index contributed by atoms with van der Waals surface area (Å²) >= 11 is 0. The summed E-state index contributed by atoms with van der Waals surface area (Å²) in [6.07, 6.45) is 0.564. The van der Waals surface area contributed by atoms with Gasteiger partial charge in [-0.1, -0.05) is 0 Å². The minimum Gasteiger partial charge on any atom is -0.494 e. The zero-order chi connectivity index (χ0) is 14.5. The van der Waals surface area contributed by atoms with Crippen molar-refractivity contribution in [2.45, 2.75) is 20.4 Å². The van der Waals surface area contributed by atoms with Gasteiger partial charge in [-0.2, -0.15) is 5.10 Å². The molecule has 0 bridgehead atoms. The first kappa shape index (κ1) is 14.0. The second-order valence-corrected chi connectivity index (χ2v) is 4.18. The Morgan fingerprint density at radius 1 is 1.25 bits per heavy atom. The molecule has 0 aliphatic heterocycles. The summed E-state index contributed by atoms with van der Waals surface area (Å²) in [5.74, 6) is 0.774. The van der Waals surface area contributed by atoms with E-state index < -0.39 is 0 Å².